The summed E-state index contributed by atoms with van der Waals surface area (Å²) in [4.78, 5) is 8.39. The van der Waals surface area contributed by atoms with Crippen LogP contribution in [-0.2, 0) is 0 Å². The van der Waals surface area contributed by atoms with E-state index in [1.54, 1.807) is 31.5 Å². The van der Waals surface area contributed by atoms with Crippen molar-refractivity contribution >= 4 is 18.6 Å². The second-order valence-electron chi connectivity index (χ2n) is 3.91. The first-order valence-electron chi connectivity index (χ1n) is 5.64. The van der Waals surface area contributed by atoms with Crippen LogP contribution in [0.15, 0.2) is 30.6 Å². The van der Waals surface area contributed by atoms with Crippen molar-refractivity contribution in [1.82, 2.24) is 9.97 Å². The van der Waals surface area contributed by atoms with Crippen molar-refractivity contribution in [2.45, 2.75) is 6.92 Å². The molecule has 0 bridgehead atoms. The highest BCUT2D eigenvalue weighted by atomic mass is 32.1. The number of anilines is 1. The highest BCUT2D eigenvalue weighted by molar-refractivity contribution is 7.80. The van der Waals surface area contributed by atoms with E-state index in [9.17, 15) is 4.39 Å². The number of hydrogen-bond acceptors (Lipinski definition) is 4. The van der Waals surface area contributed by atoms with Crippen LogP contribution in [0.4, 0.5) is 10.3 Å². The molecule has 0 saturated carbocycles. The van der Waals surface area contributed by atoms with Gasteiger partial charge in [-0.1, -0.05) is 6.07 Å². The maximum Gasteiger partial charge on any atom is 0.222 e. The van der Waals surface area contributed by atoms with Gasteiger partial charge in [-0.15, -0.1) is 0 Å². The SMILES string of the molecule is Cc1cc(-c2cnc(NCCS)nc2)ccc1F. The standard InChI is InChI=1S/C13H14FN3S/c1-9-6-10(2-3-12(9)14)11-7-16-13(17-8-11)15-4-5-18/h2-3,6-8,18H,4-5H2,1H3,(H,15,16,17). The minimum Gasteiger partial charge on any atom is -0.353 e. The molecule has 0 fully saturated rings. The van der Waals surface area contributed by atoms with E-state index in [-0.39, 0.29) is 5.82 Å². The van der Waals surface area contributed by atoms with Crippen LogP contribution in [0.25, 0.3) is 11.1 Å². The lowest BCUT2D eigenvalue weighted by Gasteiger charge is -2.05. The summed E-state index contributed by atoms with van der Waals surface area (Å²) in [6.07, 6.45) is 3.45. The number of halogens is 1. The van der Waals surface area contributed by atoms with Crippen LogP contribution < -0.4 is 5.32 Å². The Bertz CT molecular complexity index is 528. The molecule has 0 unspecified atom stereocenters. The van der Waals surface area contributed by atoms with Crippen molar-refractivity contribution in [1.29, 1.82) is 0 Å². The molecule has 94 valence electrons. The number of aromatic nitrogens is 2. The van der Waals surface area contributed by atoms with Gasteiger partial charge in [-0.3, -0.25) is 0 Å². The summed E-state index contributed by atoms with van der Waals surface area (Å²) in [6.45, 7) is 2.46. The van der Waals surface area contributed by atoms with E-state index in [2.05, 4.69) is 27.9 Å². The Hall–Kier alpha value is -1.62. The highest BCUT2D eigenvalue weighted by Gasteiger charge is 2.03. The Labute approximate surface area is 111 Å². The van der Waals surface area contributed by atoms with Gasteiger partial charge in [-0.25, -0.2) is 14.4 Å². The average molecular weight is 263 g/mol. The minimum absolute atomic E-state index is 0.202. The maximum absolute atomic E-state index is 13.2. The van der Waals surface area contributed by atoms with Gasteiger partial charge in [0.05, 0.1) is 0 Å². The van der Waals surface area contributed by atoms with E-state index in [0.29, 0.717) is 11.5 Å². The second kappa shape index (κ2) is 5.82. The molecule has 0 amide bonds. The van der Waals surface area contributed by atoms with Crippen LogP contribution in [-0.4, -0.2) is 22.3 Å². The largest absolute Gasteiger partial charge is 0.353 e. The van der Waals surface area contributed by atoms with Gasteiger partial charge in [-0.05, 0) is 30.2 Å². The van der Waals surface area contributed by atoms with Crippen molar-refractivity contribution in [2.24, 2.45) is 0 Å². The van der Waals surface area contributed by atoms with E-state index in [1.807, 2.05) is 0 Å². The third kappa shape index (κ3) is 2.98. The summed E-state index contributed by atoms with van der Waals surface area (Å²) in [6, 6.07) is 4.97. The Morgan fingerprint density at radius 3 is 2.56 bits per heavy atom. The van der Waals surface area contributed by atoms with Crippen molar-refractivity contribution < 1.29 is 4.39 Å². The van der Waals surface area contributed by atoms with Crippen molar-refractivity contribution in [2.75, 3.05) is 17.6 Å². The second-order valence-corrected chi connectivity index (χ2v) is 4.36. The Kier molecular flexibility index (Phi) is 4.15. The lowest BCUT2D eigenvalue weighted by Crippen LogP contribution is -2.05. The molecule has 18 heavy (non-hydrogen) atoms. The highest BCUT2D eigenvalue weighted by Crippen LogP contribution is 2.20. The zero-order valence-corrected chi connectivity index (χ0v) is 10.9. The van der Waals surface area contributed by atoms with Crippen LogP contribution in [0.5, 0.6) is 0 Å². The number of rotatable bonds is 4. The fourth-order valence-corrected chi connectivity index (χ4v) is 1.67. The van der Waals surface area contributed by atoms with Crippen molar-refractivity contribution in [3.63, 3.8) is 0 Å². The normalized spacial score (nSPS) is 10.4. The molecular weight excluding hydrogens is 249 g/mol. The van der Waals surface area contributed by atoms with Gasteiger partial charge in [0.25, 0.3) is 0 Å². The molecule has 1 N–H and O–H groups in total. The molecule has 0 aliphatic carbocycles. The van der Waals surface area contributed by atoms with Crippen LogP contribution in [0.1, 0.15) is 5.56 Å². The molecular formula is C13H14FN3S. The zero-order chi connectivity index (χ0) is 13.0. The first-order valence-corrected chi connectivity index (χ1v) is 6.27. The Morgan fingerprint density at radius 2 is 1.94 bits per heavy atom. The summed E-state index contributed by atoms with van der Waals surface area (Å²) in [5, 5.41) is 3.03. The van der Waals surface area contributed by atoms with Gasteiger partial charge >= 0.3 is 0 Å². The van der Waals surface area contributed by atoms with Gasteiger partial charge in [0.1, 0.15) is 5.82 Å². The van der Waals surface area contributed by atoms with Crippen LogP contribution in [0, 0.1) is 12.7 Å². The lowest BCUT2D eigenvalue weighted by molar-refractivity contribution is 0.619. The molecule has 0 saturated heterocycles. The molecule has 3 nitrogen and oxygen atoms in total. The fourth-order valence-electron chi connectivity index (χ4n) is 1.56. The first kappa shape index (κ1) is 12.8. The summed E-state index contributed by atoms with van der Waals surface area (Å²) in [5.41, 5.74) is 2.40. The van der Waals surface area contributed by atoms with E-state index >= 15 is 0 Å². The van der Waals surface area contributed by atoms with Gasteiger partial charge < -0.3 is 5.32 Å². The molecule has 1 heterocycles. The topological polar surface area (TPSA) is 37.8 Å². The Balaban J connectivity index is 2.20. The number of thiol groups is 1. The number of nitrogens with zero attached hydrogens (tertiary/aromatic N) is 2. The van der Waals surface area contributed by atoms with Crippen molar-refractivity contribution in [3.8, 4) is 11.1 Å². The smallest absolute Gasteiger partial charge is 0.222 e. The third-order valence-corrected chi connectivity index (χ3v) is 2.76. The molecule has 0 atom stereocenters. The molecule has 2 aromatic rings. The minimum atomic E-state index is -0.202. The number of hydrogen-bond donors (Lipinski definition) is 2. The van der Waals surface area contributed by atoms with Gasteiger partial charge in [0, 0.05) is 30.3 Å². The molecule has 1 aromatic carbocycles. The number of aryl methyl sites for hydroxylation is 1. The van der Waals surface area contributed by atoms with E-state index in [0.717, 1.165) is 23.4 Å². The van der Waals surface area contributed by atoms with Crippen LogP contribution in [0.2, 0.25) is 0 Å². The van der Waals surface area contributed by atoms with Gasteiger partial charge in [-0.2, -0.15) is 12.6 Å². The van der Waals surface area contributed by atoms with Crippen molar-refractivity contribution in [3.05, 3.63) is 42.0 Å². The average Bonchev–Trinajstić information content (AvgIpc) is 2.40. The molecule has 2 rings (SSSR count). The predicted octanol–water partition coefficient (Wildman–Crippen LogP) is 2.93. The molecule has 1 aromatic heterocycles. The summed E-state index contributed by atoms with van der Waals surface area (Å²) >= 11 is 4.10. The summed E-state index contributed by atoms with van der Waals surface area (Å²) in [5.74, 6) is 1.10. The number of nitrogens with one attached hydrogen (secondary N) is 1. The summed E-state index contributed by atoms with van der Waals surface area (Å²) in [7, 11) is 0. The van der Waals surface area contributed by atoms with E-state index < -0.39 is 0 Å². The molecule has 0 aliphatic heterocycles. The van der Waals surface area contributed by atoms with Crippen LogP contribution in [0.3, 0.4) is 0 Å². The van der Waals surface area contributed by atoms with Gasteiger partial charge in [0.2, 0.25) is 5.95 Å². The third-order valence-electron chi connectivity index (χ3n) is 2.54. The maximum atomic E-state index is 13.2. The molecule has 0 spiro atoms. The molecule has 0 radical (unpaired) electrons. The van der Waals surface area contributed by atoms with Crippen LogP contribution >= 0.6 is 12.6 Å². The monoisotopic (exact) mass is 263 g/mol. The zero-order valence-electron chi connectivity index (χ0n) is 10.0. The molecule has 5 heteroatoms. The quantitative estimate of drug-likeness (QED) is 0.833. The van der Waals surface area contributed by atoms with E-state index in [4.69, 9.17) is 0 Å². The van der Waals surface area contributed by atoms with E-state index in [1.165, 1.54) is 6.07 Å². The number of benzene rings is 1. The van der Waals surface area contributed by atoms with Gasteiger partial charge in [0.15, 0.2) is 0 Å². The predicted molar refractivity (Wildman–Crippen MR) is 74.5 cm³/mol. The fraction of sp³-hybridized carbons (Fsp3) is 0.231. The molecule has 0 aliphatic rings. The summed E-state index contributed by atoms with van der Waals surface area (Å²) < 4.78 is 13.2. The first-order chi connectivity index (χ1) is 8.70. The lowest BCUT2D eigenvalue weighted by atomic mass is 10.1. The Morgan fingerprint density at radius 1 is 1.22 bits per heavy atom.